The monoisotopic (exact) mass is 549 g/mol. The summed E-state index contributed by atoms with van der Waals surface area (Å²) in [7, 11) is -1.33. The van der Waals surface area contributed by atoms with Gasteiger partial charge in [-0.3, -0.25) is 14.5 Å². The van der Waals surface area contributed by atoms with Crippen LogP contribution in [0.1, 0.15) is 38.6 Å². The van der Waals surface area contributed by atoms with Crippen LogP contribution in [0.2, 0.25) is 0 Å². The number of benzene rings is 1. The molecule has 1 aromatic carbocycles. The van der Waals surface area contributed by atoms with Crippen LogP contribution < -0.4 is 10.3 Å². The van der Waals surface area contributed by atoms with Gasteiger partial charge in [0.05, 0.1) is 35.0 Å². The number of hydrogen-bond acceptors (Lipinski definition) is 7. The molecule has 1 aliphatic rings. The van der Waals surface area contributed by atoms with Gasteiger partial charge in [0.2, 0.25) is 0 Å². The van der Waals surface area contributed by atoms with Crippen LogP contribution in [0, 0.1) is 0 Å². The van der Waals surface area contributed by atoms with Crippen molar-refractivity contribution in [3.05, 3.63) is 64.3 Å². The van der Waals surface area contributed by atoms with E-state index in [-0.39, 0.29) is 11.1 Å². The van der Waals surface area contributed by atoms with Gasteiger partial charge in [-0.2, -0.15) is 5.10 Å². The van der Waals surface area contributed by atoms with Crippen molar-refractivity contribution in [1.29, 1.82) is 0 Å². The van der Waals surface area contributed by atoms with E-state index in [4.69, 9.17) is 9.72 Å². The maximum atomic E-state index is 13.5. The number of aromatic nitrogens is 5. The van der Waals surface area contributed by atoms with Gasteiger partial charge in [-0.25, -0.2) is 13.5 Å². The van der Waals surface area contributed by atoms with E-state index in [0.29, 0.717) is 47.1 Å². The molecule has 1 saturated heterocycles. The molecule has 5 rings (SSSR count). The van der Waals surface area contributed by atoms with Crippen LogP contribution in [0.25, 0.3) is 22.4 Å². The first-order valence-electron chi connectivity index (χ1n) is 13.6. The molecule has 0 spiro atoms. The number of nitrogens with one attached hydrogen (secondary N) is 1. The van der Waals surface area contributed by atoms with Gasteiger partial charge in [0.25, 0.3) is 5.56 Å². The molecule has 39 heavy (non-hydrogen) atoms. The first kappa shape index (κ1) is 27.2. The third kappa shape index (κ3) is 5.80. The molecule has 1 aliphatic heterocycles. The molecule has 10 nitrogen and oxygen atoms in total. The number of H-pyrrole nitrogens is 1. The van der Waals surface area contributed by atoms with E-state index in [1.807, 2.05) is 54.6 Å². The van der Waals surface area contributed by atoms with Crippen molar-refractivity contribution < 1.29 is 8.95 Å². The maximum Gasteiger partial charge on any atom is 0.279 e. The highest BCUT2D eigenvalue weighted by atomic mass is 32.2. The summed E-state index contributed by atoms with van der Waals surface area (Å²) >= 11 is 0. The van der Waals surface area contributed by atoms with Gasteiger partial charge in [-0.05, 0) is 49.7 Å². The zero-order valence-corrected chi connectivity index (χ0v) is 23.5. The van der Waals surface area contributed by atoms with Crippen LogP contribution in [0.4, 0.5) is 0 Å². The molecular formula is C28H35N7O3S. The van der Waals surface area contributed by atoms with Crippen LogP contribution in [0.5, 0.6) is 5.75 Å². The Balaban J connectivity index is 1.55. The molecule has 206 valence electrons. The van der Waals surface area contributed by atoms with Gasteiger partial charge in [0.1, 0.15) is 28.1 Å². The predicted molar refractivity (Wildman–Crippen MR) is 152 cm³/mol. The second-order valence-corrected chi connectivity index (χ2v) is 11.0. The van der Waals surface area contributed by atoms with Gasteiger partial charge in [-0.1, -0.05) is 26.8 Å². The van der Waals surface area contributed by atoms with E-state index >= 15 is 0 Å². The molecule has 4 heterocycles. The smallest absolute Gasteiger partial charge is 0.279 e. The lowest BCUT2D eigenvalue weighted by Crippen LogP contribution is -2.46. The molecule has 0 saturated carbocycles. The highest BCUT2D eigenvalue weighted by Crippen LogP contribution is 2.31. The van der Waals surface area contributed by atoms with Crippen LogP contribution in [-0.2, 0) is 24.0 Å². The SMILES string of the molecule is CCCOc1ccc(S(=O)N2CCN(CC)CC2)cc1-c1nc2c(CC)n(Cc3ccccn3)nc2c(=O)[nH]1. The Kier molecular flexibility index (Phi) is 8.49. The molecule has 0 aliphatic carbocycles. The van der Waals surface area contributed by atoms with Crippen molar-refractivity contribution in [2.24, 2.45) is 0 Å². The quantitative estimate of drug-likeness (QED) is 0.323. The fourth-order valence-corrected chi connectivity index (χ4v) is 6.02. The summed E-state index contributed by atoms with van der Waals surface area (Å²) in [6.45, 7) is 11.4. The van der Waals surface area contributed by atoms with E-state index < -0.39 is 11.0 Å². The number of nitrogens with zero attached hydrogens (tertiary/aromatic N) is 6. The third-order valence-corrected chi connectivity index (χ3v) is 8.45. The van der Waals surface area contributed by atoms with Gasteiger partial charge in [-0.15, -0.1) is 0 Å². The van der Waals surface area contributed by atoms with E-state index in [1.165, 1.54) is 0 Å². The number of aromatic amines is 1. The standard InChI is InChI=1S/C28H35N7O3S/c1-4-17-38-24-11-10-21(39(37)34-15-13-33(6-3)14-16-34)18-22(24)27-30-25-23(5-2)35(32-26(25)28(36)31-27)19-20-9-7-8-12-29-20/h7-12,18H,4-6,13-17,19H2,1-3H3,(H,30,31,36). The number of hydrogen-bond donors (Lipinski definition) is 1. The Bertz CT molecular complexity index is 1510. The number of rotatable bonds is 10. The van der Waals surface area contributed by atoms with Crippen molar-refractivity contribution >= 4 is 22.0 Å². The average Bonchev–Trinajstić information content (AvgIpc) is 3.33. The number of likely N-dealkylation sites (N-methyl/N-ethyl adjacent to an activating group) is 1. The topological polar surface area (TPSA) is 109 Å². The van der Waals surface area contributed by atoms with Crippen LogP contribution >= 0.6 is 0 Å². The lowest BCUT2D eigenvalue weighted by molar-refractivity contribution is 0.201. The molecule has 11 heteroatoms. The second kappa shape index (κ2) is 12.2. The highest BCUT2D eigenvalue weighted by molar-refractivity contribution is 7.82. The molecule has 1 unspecified atom stereocenters. The molecule has 1 atom stereocenters. The van der Waals surface area contributed by atoms with Gasteiger partial charge in [0, 0.05) is 32.4 Å². The fraction of sp³-hybridized carbons (Fsp3) is 0.429. The largest absolute Gasteiger partial charge is 0.493 e. The lowest BCUT2D eigenvalue weighted by atomic mass is 10.1. The number of pyridine rings is 1. The Labute approximate surface area is 230 Å². The Morgan fingerprint density at radius 1 is 1.05 bits per heavy atom. The molecule has 0 amide bonds. The van der Waals surface area contributed by atoms with E-state index in [1.54, 1.807) is 10.9 Å². The van der Waals surface area contributed by atoms with Crippen molar-refractivity contribution in [3.8, 4) is 17.1 Å². The minimum atomic E-state index is -1.33. The third-order valence-electron chi connectivity index (χ3n) is 6.96. The molecule has 1 fully saturated rings. The summed E-state index contributed by atoms with van der Waals surface area (Å²) in [5, 5.41) is 4.59. The van der Waals surface area contributed by atoms with Crippen molar-refractivity contribution in [2.45, 2.75) is 45.1 Å². The lowest BCUT2D eigenvalue weighted by Gasteiger charge is -2.32. The van der Waals surface area contributed by atoms with Crippen LogP contribution in [-0.4, -0.2) is 77.5 Å². The molecule has 1 N–H and O–H groups in total. The fourth-order valence-electron chi connectivity index (χ4n) is 4.82. The zero-order valence-electron chi connectivity index (χ0n) is 22.7. The van der Waals surface area contributed by atoms with E-state index in [2.05, 4.69) is 26.9 Å². The molecule has 0 radical (unpaired) electrons. The number of ether oxygens (including phenoxy) is 1. The molecule has 4 aromatic rings. The summed E-state index contributed by atoms with van der Waals surface area (Å²) in [5.41, 5.74) is 2.83. The maximum absolute atomic E-state index is 13.5. The molecular weight excluding hydrogens is 514 g/mol. The summed E-state index contributed by atoms with van der Waals surface area (Å²) in [5.74, 6) is 0.968. The number of fused-ring (bicyclic) bond motifs is 1. The van der Waals surface area contributed by atoms with Gasteiger partial charge in [0.15, 0.2) is 5.52 Å². The van der Waals surface area contributed by atoms with Crippen molar-refractivity contribution in [2.75, 3.05) is 39.3 Å². The average molecular weight is 550 g/mol. The van der Waals surface area contributed by atoms with Crippen LogP contribution in [0.15, 0.2) is 52.3 Å². The van der Waals surface area contributed by atoms with E-state index in [9.17, 15) is 9.00 Å². The normalized spacial score (nSPS) is 15.6. The van der Waals surface area contributed by atoms with Crippen molar-refractivity contribution in [1.82, 2.24) is 33.9 Å². The molecule has 0 bridgehead atoms. The summed E-state index contributed by atoms with van der Waals surface area (Å²) in [6.07, 6.45) is 3.22. The van der Waals surface area contributed by atoms with Crippen molar-refractivity contribution in [3.63, 3.8) is 0 Å². The summed E-state index contributed by atoms with van der Waals surface area (Å²) < 4.78 is 23.4. The zero-order chi connectivity index (χ0) is 27.4. The summed E-state index contributed by atoms with van der Waals surface area (Å²) in [6, 6.07) is 11.2. The minimum absolute atomic E-state index is 0.288. The number of piperazine rings is 1. The number of aryl methyl sites for hydroxylation is 1. The molecule has 3 aromatic heterocycles. The van der Waals surface area contributed by atoms with Crippen LogP contribution in [0.3, 0.4) is 0 Å². The summed E-state index contributed by atoms with van der Waals surface area (Å²) in [4.78, 5) is 28.5. The first-order valence-corrected chi connectivity index (χ1v) is 14.7. The highest BCUT2D eigenvalue weighted by Gasteiger charge is 2.24. The van der Waals surface area contributed by atoms with Gasteiger partial charge >= 0.3 is 0 Å². The Hall–Kier alpha value is -3.41. The predicted octanol–water partition coefficient (Wildman–Crippen LogP) is 3.24. The van der Waals surface area contributed by atoms with E-state index in [0.717, 1.165) is 50.5 Å². The Morgan fingerprint density at radius 2 is 1.87 bits per heavy atom. The second-order valence-electron chi connectivity index (χ2n) is 9.51. The van der Waals surface area contributed by atoms with Gasteiger partial charge < -0.3 is 14.6 Å². The minimum Gasteiger partial charge on any atom is -0.493 e. The Morgan fingerprint density at radius 3 is 2.56 bits per heavy atom. The first-order chi connectivity index (χ1) is 19.0.